The van der Waals surface area contributed by atoms with Gasteiger partial charge in [0.05, 0.1) is 4.91 Å². The lowest BCUT2D eigenvalue weighted by Gasteiger charge is -2.10. The molecule has 1 amide bonds. The van der Waals surface area contributed by atoms with Gasteiger partial charge in [0.2, 0.25) is 0 Å². The largest absolute Gasteiger partial charge is 0.508 e. The monoisotopic (exact) mass is 355 g/mol. The van der Waals surface area contributed by atoms with E-state index in [4.69, 9.17) is 12.2 Å². The molecule has 1 saturated heterocycles. The minimum atomic E-state index is -0.134. The number of hydrogen-bond donors (Lipinski definition) is 1. The first-order chi connectivity index (χ1) is 9.02. The molecule has 19 heavy (non-hydrogen) atoms. The summed E-state index contributed by atoms with van der Waals surface area (Å²) >= 11 is 9.78. The fourth-order valence-electron chi connectivity index (χ4n) is 1.57. The zero-order chi connectivity index (χ0) is 14.0. The molecule has 0 spiro atoms. The molecule has 6 heteroatoms. The number of carbonyl (C=O) groups is 1. The first-order valence-corrected chi connectivity index (χ1v) is 7.39. The zero-order valence-corrected chi connectivity index (χ0v) is 13.0. The smallest absolute Gasteiger partial charge is 0.266 e. The van der Waals surface area contributed by atoms with Crippen LogP contribution in [0.2, 0.25) is 0 Å². The summed E-state index contributed by atoms with van der Waals surface area (Å²) in [5, 5.41) is 9.47. The zero-order valence-electron chi connectivity index (χ0n) is 9.80. The van der Waals surface area contributed by atoms with Crippen LogP contribution >= 0.6 is 39.9 Å². The van der Waals surface area contributed by atoms with Crippen molar-refractivity contribution in [3.63, 3.8) is 0 Å². The molecule has 2 rings (SSSR count). The van der Waals surface area contributed by atoms with E-state index < -0.39 is 0 Å². The molecule has 1 aliphatic rings. The van der Waals surface area contributed by atoms with E-state index in [1.54, 1.807) is 30.4 Å². The van der Waals surface area contributed by atoms with E-state index in [1.807, 2.05) is 0 Å². The highest BCUT2D eigenvalue weighted by molar-refractivity contribution is 9.10. The van der Waals surface area contributed by atoms with Crippen molar-refractivity contribution in [3.8, 4) is 5.75 Å². The molecule has 1 aromatic carbocycles. The Labute approximate surface area is 129 Å². The molecule has 98 valence electrons. The molecule has 0 saturated carbocycles. The van der Waals surface area contributed by atoms with Crippen LogP contribution in [0, 0.1) is 0 Å². The number of carbonyl (C=O) groups excluding carboxylic acids is 1. The maximum Gasteiger partial charge on any atom is 0.266 e. The SMILES string of the molecule is C=CCN1C(=O)C(=Cc2cc(O)ccc2Br)SC1=S. The molecule has 1 aromatic rings. The Morgan fingerprint density at radius 3 is 2.95 bits per heavy atom. The average Bonchev–Trinajstić information content (AvgIpc) is 2.62. The Bertz CT molecular complexity index is 598. The van der Waals surface area contributed by atoms with Gasteiger partial charge in [-0.25, -0.2) is 0 Å². The van der Waals surface area contributed by atoms with Gasteiger partial charge < -0.3 is 5.11 Å². The number of phenolic OH excluding ortho intramolecular Hbond substituents is 1. The number of nitrogens with zero attached hydrogens (tertiary/aromatic N) is 1. The molecule has 3 nitrogen and oxygen atoms in total. The second-order valence-corrected chi connectivity index (χ2v) is 6.32. The van der Waals surface area contributed by atoms with E-state index >= 15 is 0 Å². The van der Waals surface area contributed by atoms with Crippen LogP contribution in [-0.4, -0.2) is 26.8 Å². The van der Waals surface area contributed by atoms with Crippen LogP contribution in [0.25, 0.3) is 6.08 Å². The third-order valence-corrected chi connectivity index (χ3v) is 4.55. The summed E-state index contributed by atoms with van der Waals surface area (Å²) in [5.74, 6) is 0.0150. The first kappa shape index (κ1) is 14.3. The predicted octanol–water partition coefficient (Wildman–Crippen LogP) is 3.54. The van der Waals surface area contributed by atoms with Crippen molar-refractivity contribution in [2.75, 3.05) is 6.54 Å². The van der Waals surface area contributed by atoms with Crippen molar-refractivity contribution >= 4 is 56.2 Å². The molecule has 0 aliphatic carbocycles. The van der Waals surface area contributed by atoms with Crippen LogP contribution in [-0.2, 0) is 4.79 Å². The Balaban J connectivity index is 2.34. The van der Waals surface area contributed by atoms with Gasteiger partial charge in [0, 0.05) is 11.0 Å². The van der Waals surface area contributed by atoms with Gasteiger partial charge in [0.15, 0.2) is 0 Å². The van der Waals surface area contributed by atoms with E-state index in [0.29, 0.717) is 15.8 Å². The molecule has 0 atom stereocenters. The quantitative estimate of drug-likeness (QED) is 0.511. The predicted molar refractivity (Wildman–Crippen MR) is 85.9 cm³/mol. The van der Waals surface area contributed by atoms with Crippen molar-refractivity contribution in [1.82, 2.24) is 4.90 Å². The summed E-state index contributed by atoms with van der Waals surface area (Å²) in [6.45, 7) is 4.01. The highest BCUT2D eigenvalue weighted by atomic mass is 79.9. The van der Waals surface area contributed by atoms with Gasteiger partial charge in [-0.15, -0.1) is 6.58 Å². The summed E-state index contributed by atoms with van der Waals surface area (Å²) in [6.07, 6.45) is 3.35. The number of amides is 1. The fraction of sp³-hybridized carbons (Fsp3) is 0.0769. The van der Waals surface area contributed by atoms with E-state index in [1.165, 1.54) is 16.7 Å². The van der Waals surface area contributed by atoms with Gasteiger partial charge in [-0.1, -0.05) is 46.0 Å². The minimum Gasteiger partial charge on any atom is -0.508 e. The average molecular weight is 356 g/mol. The molecule has 0 unspecified atom stereocenters. The third kappa shape index (κ3) is 3.08. The van der Waals surface area contributed by atoms with Crippen LogP contribution in [0.15, 0.2) is 40.2 Å². The Morgan fingerprint density at radius 1 is 1.53 bits per heavy atom. The normalized spacial score (nSPS) is 17.3. The topological polar surface area (TPSA) is 40.5 Å². The Morgan fingerprint density at radius 2 is 2.26 bits per heavy atom. The van der Waals surface area contributed by atoms with Crippen molar-refractivity contribution in [3.05, 3.63) is 45.8 Å². The van der Waals surface area contributed by atoms with Crippen molar-refractivity contribution in [2.24, 2.45) is 0 Å². The van der Waals surface area contributed by atoms with Crippen molar-refractivity contribution < 1.29 is 9.90 Å². The van der Waals surface area contributed by atoms with Crippen LogP contribution in [0.4, 0.5) is 0 Å². The molecular formula is C13H10BrNO2S2. The van der Waals surface area contributed by atoms with E-state index in [-0.39, 0.29) is 11.7 Å². The molecule has 1 fully saturated rings. The molecule has 1 aliphatic heterocycles. The third-order valence-electron chi connectivity index (χ3n) is 2.45. The minimum absolute atomic E-state index is 0.134. The maximum atomic E-state index is 12.1. The number of thiocarbonyl (C=S) groups is 1. The summed E-state index contributed by atoms with van der Waals surface area (Å²) in [7, 11) is 0. The summed E-state index contributed by atoms with van der Waals surface area (Å²) in [6, 6.07) is 4.89. The maximum absolute atomic E-state index is 12.1. The van der Waals surface area contributed by atoms with Gasteiger partial charge in [-0.2, -0.15) is 0 Å². The van der Waals surface area contributed by atoms with Gasteiger partial charge in [0.1, 0.15) is 10.1 Å². The van der Waals surface area contributed by atoms with Crippen molar-refractivity contribution in [1.29, 1.82) is 0 Å². The van der Waals surface area contributed by atoms with E-state index in [2.05, 4.69) is 22.5 Å². The number of halogens is 1. The van der Waals surface area contributed by atoms with Crippen molar-refractivity contribution in [2.45, 2.75) is 0 Å². The van der Waals surface area contributed by atoms with Crippen LogP contribution < -0.4 is 0 Å². The summed E-state index contributed by atoms with van der Waals surface area (Å²) in [5.41, 5.74) is 0.735. The number of hydrogen-bond acceptors (Lipinski definition) is 4. The first-order valence-electron chi connectivity index (χ1n) is 5.37. The van der Waals surface area contributed by atoms with Crippen LogP contribution in [0.1, 0.15) is 5.56 Å². The molecule has 0 radical (unpaired) electrons. The van der Waals surface area contributed by atoms with Crippen LogP contribution in [0.5, 0.6) is 5.75 Å². The summed E-state index contributed by atoms with van der Waals surface area (Å²) < 4.78 is 1.33. The Kier molecular flexibility index (Phi) is 4.44. The van der Waals surface area contributed by atoms with Gasteiger partial charge in [-0.05, 0) is 29.8 Å². The molecule has 0 bridgehead atoms. The number of benzene rings is 1. The van der Waals surface area contributed by atoms with Crippen LogP contribution in [0.3, 0.4) is 0 Å². The Hall–Kier alpha value is -1.11. The number of aromatic hydroxyl groups is 1. The molecular weight excluding hydrogens is 346 g/mol. The second-order valence-electron chi connectivity index (χ2n) is 3.79. The lowest BCUT2D eigenvalue weighted by atomic mass is 10.2. The molecule has 1 N–H and O–H groups in total. The number of thioether (sulfide) groups is 1. The van der Waals surface area contributed by atoms with E-state index in [9.17, 15) is 9.90 Å². The van der Waals surface area contributed by atoms with Gasteiger partial charge in [-0.3, -0.25) is 9.69 Å². The van der Waals surface area contributed by atoms with E-state index in [0.717, 1.165) is 10.0 Å². The van der Waals surface area contributed by atoms with Gasteiger partial charge >= 0.3 is 0 Å². The number of phenols is 1. The lowest BCUT2D eigenvalue weighted by molar-refractivity contribution is -0.121. The second kappa shape index (κ2) is 5.90. The highest BCUT2D eigenvalue weighted by Crippen LogP contribution is 2.34. The summed E-state index contributed by atoms with van der Waals surface area (Å²) in [4.78, 5) is 14.2. The fourth-order valence-corrected chi connectivity index (χ4v) is 3.20. The highest BCUT2D eigenvalue weighted by Gasteiger charge is 2.31. The number of rotatable bonds is 3. The lowest BCUT2D eigenvalue weighted by Crippen LogP contribution is -2.27. The molecule has 0 aromatic heterocycles. The standard InChI is InChI=1S/C13H10BrNO2S2/c1-2-5-15-12(17)11(19-13(15)18)7-8-6-9(16)3-4-10(8)14/h2-4,6-7,16H,1,5H2. The molecule has 1 heterocycles. The van der Waals surface area contributed by atoms with Gasteiger partial charge in [0.25, 0.3) is 5.91 Å².